The molecule has 0 aromatic heterocycles. The quantitative estimate of drug-likeness (QED) is 0.275. The van der Waals surface area contributed by atoms with Crippen molar-refractivity contribution >= 4 is 0 Å². The van der Waals surface area contributed by atoms with Gasteiger partial charge in [-0.25, -0.2) is 0 Å². The van der Waals surface area contributed by atoms with E-state index in [4.69, 9.17) is 10.2 Å². The maximum atomic E-state index is 10.4. The fraction of sp³-hybridized carbons (Fsp3) is 0.778. The van der Waals surface area contributed by atoms with Crippen molar-refractivity contribution in [2.24, 2.45) is 5.41 Å². The molecule has 0 aliphatic rings. The minimum Gasteiger partial charge on any atom is -0.507 e. The summed E-state index contributed by atoms with van der Waals surface area (Å²) in [7, 11) is 0. The molecule has 0 saturated carbocycles. The number of benzene rings is 1. The van der Waals surface area contributed by atoms with Crippen molar-refractivity contribution in [3.05, 3.63) is 28.8 Å². The molecule has 1 atom stereocenters. The molecule has 0 bridgehead atoms. The molecule has 0 fully saturated rings. The van der Waals surface area contributed by atoms with Crippen molar-refractivity contribution in [3.8, 4) is 5.75 Å². The van der Waals surface area contributed by atoms with Gasteiger partial charge in [-0.1, -0.05) is 85.8 Å². The van der Waals surface area contributed by atoms with Crippen LogP contribution in [0.2, 0.25) is 0 Å². The molecule has 3 N–H and O–H groups in total. The number of aromatic hydroxyl groups is 1. The Bertz CT molecular complexity index is 524. The van der Waals surface area contributed by atoms with E-state index in [1.165, 1.54) is 42.4 Å². The molecule has 0 saturated heterocycles. The van der Waals surface area contributed by atoms with Gasteiger partial charge in [0.05, 0.1) is 0 Å². The van der Waals surface area contributed by atoms with Crippen molar-refractivity contribution < 1.29 is 15.3 Å². The van der Waals surface area contributed by atoms with Crippen LogP contribution in [0.1, 0.15) is 122 Å². The molecule has 1 rings (SSSR count). The Balaban J connectivity index is 0.000000654. The minimum atomic E-state index is -1.17. The van der Waals surface area contributed by atoms with E-state index >= 15 is 0 Å². The van der Waals surface area contributed by atoms with E-state index in [1.807, 2.05) is 13.8 Å². The highest BCUT2D eigenvalue weighted by molar-refractivity contribution is 5.44. The number of rotatable bonds is 14. The maximum absolute atomic E-state index is 10.4. The zero-order chi connectivity index (χ0) is 23.0. The average molecular weight is 423 g/mol. The van der Waals surface area contributed by atoms with E-state index in [0.717, 1.165) is 57.8 Å². The molecule has 1 unspecified atom stereocenters. The number of phenols is 1. The van der Waals surface area contributed by atoms with Gasteiger partial charge in [0.2, 0.25) is 0 Å². The number of hydrogen-bond donors (Lipinski definition) is 3. The molecule has 0 heterocycles. The van der Waals surface area contributed by atoms with Crippen molar-refractivity contribution in [3.63, 3.8) is 0 Å². The van der Waals surface area contributed by atoms with Gasteiger partial charge in [0, 0.05) is 5.41 Å². The Morgan fingerprint density at radius 1 is 0.733 bits per heavy atom. The first-order chi connectivity index (χ1) is 14.3. The molecule has 1 aromatic rings. The van der Waals surface area contributed by atoms with Gasteiger partial charge in [-0.05, 0) is 68.1 Å². The smallest absolute Gasteiger partial charge is 0.156 e. The highest BCUT2D eigenvalue weighted by atomic mass is 16.5. The number of phenolic OH excluding ortho intramolecular Hbond substituents is 1. The topological polar surface area (TPSA) is 60.7 Å². The lowest BCUT2D eigenvalue weighted by atomic mass is 9.82. The van der Waals surface area contributed by atoms with Crippen LogP contribution in [-0.2, 0) is 19.3 Å². The first-order valence-electron chi connectivity index (χ1n) is 12.5. The van der Waals surface area contributed by atoms with E-state index < -0.39 is 6.29 Å². The maximum Gasteiger partial charge on any atom is 0.156 e. The molecular weight excluding hydrogens is 372 g/mol. The van der Waals surface area contributed by atoms with Crippen LogP contribution in [0.4, 0.5) is 0 Å². The molecule has 30 heavy (non-hydrogen) atoms. The van der Waals surface area contributed by atoms with Crippen LogP contribution >= 0.6 is 0 Å². The van der Waals surface area contributed by atoms with Crippen molar-refractivity contribution in [1.82, 2.24) is 0 Å². The zero-order valence-electron chi connectivity index (χ0n) is 20.8. The molecule has 176 valence electrons. The van der Waals surface area contributed by atoms with Crippen LogP contribution in [0.5, 0.6) is 5.75 Å². The summed E-state index contributed by atoms with van der Waals surface area (Å²) < 4.78 is 0. The fourth-order valence-electron chi connectivity index (χ4n) is 3.54. The minimum absolute atomic E-state index is 0.296. The highest BCUT2D eigenvalue weighted by Crippen LogP contribution is 2.31. The number of aliphatic hydroxyl groups excluding tert-OH is 1. The molecule has 1 aromatic carbocycles. The van der Waals surface area contributed by atoms with E-state index in [0.29, 0.717) is 5.75 Å². The van der Waals surface area contributed by atoms with Gasteiger partial charge in [0.25, 0.3) is 0 Å². The lowest BCUT2D eigenvalue weighted by Gasteiger charge is -2.29. The Labute approximate surface area is 186 Å². The Morgan fingerprint density at radius 3 is 1.53 bits per heavy atom. The summed E-state index contributed by atoms with van der Waals surface area (Å²) >= 11 is 0. The fourth-order valence-corrected chi connectivity index (χ4v) is 3.54. The van der Waals surface area contributed by atoms with E-state index in [2.05, 4.69) is 39.8 Å². The van der Waals surface area contributed by atoms with Gasteiger partial charge < -0.3 is 15.3 Å². The molecule has 0 aliphatic carbocycles. The summed E-state index contributed by atoms with van der Waals surface area (Å²) in [5.74, 6) is 0.571. The van der Waals surface area contributed by atoms with E-state index in [1.54, 1.807) is 0 Å². The SMILES string of the molecule is CCCCC(C)(CC)C(O)O.CCCCc1cc(CCCC)c(O)c(CCCC)c1. The average Bonchev–Trinajstić information content (AvgIpc) is 2.75. The summed E-state index contributed by atoms with van der Waals surface area (Å²) in [6.07, 6.45) is 13.1. The van der Waals surface area contributed by atoms with Crippen molar-refractivity contribution in [1.29, 1.82) is 0 Å². The van der Waals surface area contributed by atoms with Gasteiger partial charge >= 0.3 is 0 Å². The first kappa shape index (κ1) is 28.9. The van der Waals surface area contributed by atoms with Crippen LogP contribution in [0, 0.1) is 5.41 Å². The van der Waals surface area contributed by atoms with E-state index in [9.17, 15) is 5.11 Å². The van der Waals surface area contributed by atoms with Crippen LogP contribution < -0.4 is 0 Å². The summed E-state index contributed by atoms with van der Waals surface area (Å²) in [6, 6.07) is 4.46. The Morgan fingerprint density at radius 2 is 1.17 bits per heavy atom. The van der Waals surface area contributed by atoms with Gasteiger partial charge in [0.1, 0.15) is 5.75 Å². The van der Waals surface area contributed by atoms with Gasteiger partial charge in [0.15, 0.2) is 6.29 Å². The third-order valence-corrected chi connectivity index (χ3v) is 6.28. The standard InChI is InChI=1S/C18H30O.C9H20O2/c1-4-7-10-15-13-16(11-8-5-2)18(19)17(14-15)12-9-6-3;1-4-6-7-9(3,5-2)8(10)11/h13-14,19H,4-12H2,1-3H3;8,10-11H,4-7H2,1-3H3. The number of hydrogen-bond acceptors (Lipinski definition) is 3. The van der Waals surface area contributed by atoms with Crippen LogP contribution in [0.25, 0.3) is 0 Å². The Hall–Kier alpha value is -1.06. The number of aliphatic hydroxyl groups is 2. The summed E-state index contributed by atoms with van der Waals surface area (Å²) in [4.78, 5) is 0. The molecule has 0 aliphatic heterocycles. The van der Waals surface area contributed by atoms with Gasteiger partial charge in [-0.2, -0.15) is 0 Å². The molecular formula is C27H50O3. The molecule has 0 radical (unpaired) electrons. The molecule has 3 nitrogen and oxygen atoms in total. The molecule has 0 amide bonds. The largest absolute Gasteiger partial charge is 0.507 e. The van der Waals surface area contributed by atoms with Crippen LogP contribution in [0.3, 0.4) is 0 Å². The highest BCUT2D eigenvalue weighted by Gasteiger charge is 2.28. The second-order valence-electron chi connectivity index (χ2n) is 9.06. The monoisotopic (exact) mass is 422 g/mol. The lowest BCUT2D eigenvalue weighted by Crippen LogP contribution is -2.31. The second kappa shape index (κ2) is 16.6. The van der Waals surface area contributed by atoms with Crippen LogP contribution in [0.15, 0.2) is 12.1 Å². The normalized spacial score (nSPS) is 13.1. The summed E-state index contributed by atoms with van der Waals surface area (Å²) in [5, 5.41) is 28.5. The number of unbranched alkanes of at least 4 members (excludes halogenated alkanes) is 4. The van der Waals surface area contributed by atoms with E-state index in [-0.39, 0.29) is 5.41 Å². The predicted octanol–water partition coefficient (Wildman–Crippen LogP) is 7.32. The van der Waals surface area contributed by atoms with Gasteiger partial charge in [-0.15, -0.1) is 0 Å². The second-order valence-corrected chi connectivity index (χ2v) is 9.06. The van der Waals surface area contributed by atoms with Crippen molar-refractivity contribution in [2.45, 2.75) is 131 Å². The zero-order valence-corrected chi connectivity index (χ0v) is 20.8. The lowest BCUT2D eigenvalue weighted by molar-refractivity contribution is -0.133. The van der Waals surface area contributed by atoms with Gasteiger partial charge in [-0.3, -0.25) is 0 Å². The number of aryl methyl sites for hydroxylation is 3. The first-order valence-corrected chi connectivity index (χ1v) is 12.5. The summed E-state index contributed by atoms with van der Waals surface area (Å²) in [6.45, 7) is 12.7. The van der Waals surface area contributed by atoms with Crippen molar-refractivity contribution in [2.75, 3.05) is 0 Å². The summed E-state index contributed by atoms with van der Waals surface area (Å²) in [5.41, 5.74) is 3.45. The Kier molecular flexibility index (Phi) is 16.0. The predicted molar refractivity (Wildman–Crippen MR) is 130 cm³/mol. The van der Waals surface area contributed by atoms with Crippen LogP contribution in [-0.4, -0.2) is 21.6 Å². The third-order valence-electron chi connectivity index (χ3n) is 6.28. The molecule has 3 heteroatoms. The molecule has 0 spiro atoms. The third kappa shape index (κ3) is 10.8.